The van der Waals surface area contributed by atoms with Gasteiger partial charge in [-0.25, -0.2) is 0 Å². The first-order valence-corrected chi connectivity index (χ1v) is 4.40. The molecule has 0 aliphatic heterocycles. The van der Waals surface area contributed by atoms with E-state index in [1.165, 1.54) is 0 Å². The molecule has 0 aromatic carbocycles. The van der Waals surface area contributed by atoms with Crippen molar-refractivity contribution in [2.24, 2.45) is 0 Å². The molecular weight excluding hydrogens is 140 g/mol. The van der Waals surface area contributed by atoms with Crippen LogP contribution in [0.25, 0.3) is 0 Å². The maximum Gasteiger partial charge on any atom is 0.306 e. The summed E-state index contributed by atoms with van der Waals surface area (Å²) >= 11 is 0. The summed E-state index contributed by atoms with van der Waals surface area (Å²) in [5.74, 6) is -0.0616. The van der Waals surface area contributed by atoms with E-state index in [1.54, 1.807) is 0 Å². The van der Waals surface area contributed by atoms with Crippen molar-refractivity contribution >= 4 is 5.97 Å². The van der Waals surface area contributed by atoms with Crippen LogP contribution in [-0.4, -0.2) is 12.1 Å². The Kier molecular flexibility index (Phi) is 5.90. The number of rotatable bonds is 5. The minimum absolute atomic E-state index is 0.0616. The van der Waals surface area contributed by atoms with Gasteiger partial charge in [0.15, 0.2) is 0 Å². The molecule has 0 spiro atoms. The Morgan fingerprint density at radius 3 is 2.45 bits per heavy atom. The fourth-order valence-corrected chi connectivity index (χ4v) is 0.953. The van der Waals surface area contributed by atoms with E-state index < -0.39 is 0 Å². The van der Waals surface area contributed by atoms with Gasteiger partial charge >= 0.3 is 5.97 Å². The van der Waals surface area contributed by atoms with E-state index in [9.17, 15) is 4.79 Å². The minimum atomic E-state index is -0.0616. The van der Waals surface area contributed by atoms with Gasteiger partial charge in [-0.2, -0.15) is 0 Å². The normalized spacial score (nSPS) is 12.6. The fourth-order valence-electron chi connectivity index (χ4n) is 0.953. The van der Waals surface area contributed by atoms with Crippen LogP contribution in [0, 0.1) is 0 Å². The van der Waals surface area contributed by atoms with E-state index in [0.29, 0.717) is 6.42 Å². The highest BCUT2D eigenvalue weighted by molar-refractivity contribution is 5.69. The van der Waals surface area contributed by atoms with E-state index >= 15 is 0 Å². The molecule has 0 fully saturated rings. The molecular formula is C9H18O2. The van der Waals surface area contributed by atoms with Gasteiger partial charge in [0.1, 0.15) is 0 Å². The summed E-state index contributed by atoms with van der Waals surface area (Å²) in [6.45, 7) is 6.01. The zero-order valence-corrected chi connectivity index (χ0v) is 7.72. The van der Waals surface area contributed by atoms with Crippen LogP contribution < -0.4 is 0 Å². The number of ether oxygens (including phenoxy) is 1. The summed E-state index contributed by atoms with van der Waals surface area (Å²) in [6, 6.07) is 0. The molecule has 1 unspecified atom stereocenters. The maximum atomic E-state index is 10.9. The van der Waals surface area contributed by atoms with Gasteiger partial charge in [0.05, 0.1) is 6.10 Å². The predicted octanol–water partition coefficient (Wildman–Crippen LogP) is 2.52. The third-order valence-corrected chi connectivity index (χ3v) is 1.48. The summed E-state index contributed by atoms with van der Waals surface area (Å²) in [4.78, 5) is 10.9. The highest BCUT2D eigenvalue weighted by atomic mass is 16.5. The molecule has 0 radical (unpaired) electrons. The Labute approximate surface area is 68.9 Å². The molecule has 2 heteroatoms. The summed E-state index contributed by atoms with van der Waals surface area (Å²) < 4.78 is 5.09. The van der Waals surface area contributed by atoms with E-state index in [2.05, 4.69) is 6.92 Å². The molecule has 0 aromatic rings. The number of hydrogen-bond acceptors (Lipinski definition) is 2. The third-order valence-electron chi connectivity index (χ3n) is 1.48. The predicted molar refractivity (Wildman–Crippen MR) is 45.4 cm³/mol. The second kappa shape index (κ2) is 6.20. The van der Waals surface area contributed by atoms with E-state index in [1.807, 2.05) is 13.8 Å². The van der Waals surface area contributed by atoms with Gasteiger partial charge in [-0.1, -0.05) is 20.3 Å². The lowest BCUT2D eigenvalue weighted by atomic mass is 10.2. The van der Waals surface area contributed by atoms with Gasteiger partial charge < -0.3 is 4.74 Å². The quantitative estimate of drug-likeness (QED) is 0.575. The lowest BCUT2D eigenvalue weighted by Gasteiger charge is -2.10. The van der Waals surface area contributed by atoms with Crippen LogP contribution in [0.4, 0.5) is 0 Å². The topological polar surface area (TPSA) is 26.3 Å². The molecule has 1 atom stereocenters. The Hall–Kier alpha value is -0.530. The van der Waals surface area contributed by atoms with E-state index in [0.717, 1.165) is 19.3 Å². The lowest BCUT2D eigenvalue weighted by Crippen LogP contribution is -2.13. The van der Waals surface area contributed by atoms with Gasteiger partial charge in [0, 0.05) is 6.42 Å². The smallest absolute Gasteiger partial charge is 0.306 e. The average Bonchev–Trinajstić information content (AvgIpc) is 1.87. The molecule has 11 heavy (non-hydrogen) atoms. The van der Waals surface area contributed by atoms with Crippen LogP contribution in [0.3, 0.4) is 0 Å². The van der Waals surface area contributed by atoms with Crippen LogP contribution in [-0.2, 0) is 9.53 Å². The highest BCUT2D eigenvalue weighted by Gasteiger charge is 2.06. The van der Waals surface area contributed by atoms with Crippen molar-refractivity contribution in [3.8, 4) is 0 Å². The molecule has 0 aromatic heterocycles. The first-order chi connectivity index (χ1) is 5.20. The molecule has 0 aliphatic rings. The fraction of sp³-hybridized carbons (Fsp3) is 0.889. The molecule has 0 bridgehead atoms. The van der Waals surface area contributed by atoms with Gasteiger partial charge in [0.2, 0.25) is 0 Å². The van der Waals surface area contributed by atoms with Crippen LogP contribution in [0.5, 0.6) is 0 Å². The van der Waals surface area contributed by atoms with Gasteiger partial charge in [-0.15, -0.1) is 0 Å². The molecule has 0 amide bonds. The largest absolute Gasteiger partial charge is 0.463 e. The first kappa shape index (κ1) is 10.5. The molecule has 0 aliphatic carbocycles. The number of carbonyl (C=O) groups is 1. The molecule has 2 nitrogen and oxygen atoms in total. The molecule has 0 N–H and O–H groups in total. The lowest BCUT2D eigenvalue weighted by molar-refractivity contribution is -0.148. The maximum absolute atomic E-state index is 10.9. The summed E-state index contributed by atoms with van der Waals surface area (Å²) in [6.07, 6.45) is 3.56. The van der Waals surface area contributed by atoms with Crippen molar-refractivity contribution in [3.05, 3.63) is 0 Å². The molecule has 0 saturated heterocycles. The third kappa shape index (κ3) is 5.89. The summed E-state index contributed by atoms with van der Waals surface area (Å²) in [5.41, 5.74) is 0. The van der Waals surface area contributed by atoms with Crippen LogP contribution in [0.15, 0.2) is 0 Å². The van der Waals surface area contributed by atoms with Crippen molar-refractivity contribution in [2.75, 3.05) is 0 Å². The summed E-state index contributed by atoms with van der Waals surface area (Å²) in [7, 11) is 0. The second-order valence-corrected chi connectivity index (χ2v) is 2.84. The molecule has 0 heterocycles. The van der Waals surface area contributed by atoms with Crippen molar-refractivity contribution in [2.45, 2.75) is 52.6 Å². The SMILES string of the molecule is CCCC(=O)OC(C)CCC. The Bertz CT molecular complexity index is 110. The summed E-state index contributed by atoms with van der Waals surface area (Å²) in [5, 5.41) is 0. The van der Waals surface area contributed by atoms with Gasteiger partial charge in [-0.3, -0.25) is 4.79 Å². The molecule has 0 rings (SSSR count). The number of carbonyl (C=O) groups excluding carboxylic acids is 1. The Morgan fingerprint density at radius 1 is 1.36 bits per heavy atom. The Balaban J connectivity index is 3.40. The second-order valence-electron chi connectivity index (χ2n) is 2.84. The standard InChI is InChI=1S/C9H18O2/c1-4-6-8(3)11-9(10)7-5-2/h8H,4-7H2,1-3H3. The zero-order valence-electron chi connectivity index (χ0n) is 7.72. The van der Waals surface area contributed by atoms with E-state index in [4.69, 9.17) is 4.74 Å². The number of esters is 1. The minimum Gasteiger partial charge on any atom is -0.463 e. The van der Waals surface area contributed by atoms with Crippen LogP contribution in [0.2, 0.25) is 0 Å². The van der Waals surface area contributed by atoms with Crippen molar-refractivity contribution in [3.63, 3.8) is 0 Å². The van der Waals surface area contributed by atoms with Gasteiger partial charge in [-0.05, 0) is 19.8 Å². The van der Waals surface area contributed by atoms with Gasteiger partial charge in [0.25, 0.3) is 0 Å². The monoisotopic (exact) mass is 158 g/mol. The van der Waals surface area contributed by atoms with Crippen molar-refractivity contribution in [1.29, 1.82) is 0 Å². The number of hydrogen-bond donors (Lipinski definition) is 0. The molecule has 0 saturated carbocycles. The van der Waals surface area contributed by atoms with Crippen molar-refractivity contribution in [1.82, 2.24) is 0 Å². The van der Waals surface area contributed by atoms with Crippen LogP contribution in [0.1, 0.15) is 46.5 Å². The van der Waals surface area contributed by atoms with Crippen LogP contribution >= 0.6 is 0 Å². The first-order valence-electron chi connectivity index (χ1n) is 4.40. The average molecular weight is 158 g/mol. The van der Waals surface area contributed by atoms with E-state index in [-0.39, 0.29) is 12.1 Å². The van der Waals surface area contributed by atoms with Crippen molar-refractivity contribution < 1.29 is 9.53 Å². The highest BCUT2D eigenvalue weighted by Crippen LogP contribution is 2.03. The zero-order chi connectivity index (χ0) is 8.69. The Morgan fingerprint density at radius 2 is 2.00 bits per heavy atom. The molecule has 66 valence electrons.